The monoisotopic (exact) mass is 397 g/mol. The van der Waals surface area contributed by atoms with E-state index < -0.39 is 6.10 Å². The maximum atomic E-state index is 10.6. The number of nitrogens with one attached hydrogen (secondary N) is 2. The molecule has 2 aromatic carbocycles. The Bertz CT molecular complexity index is 925. The predicted octanol–water partition coefficient (Wildman–Crippen LogP) is 4.01. The van der Waals surface area contributed by atoms with Gasteiger partial charge in [-0.15, -0.1) is 11.3 Å². The normalized spacial score (nSPS) is 12.9. The van der Waals surface area contributed by atoms with Crippen LogP contribution in [0.25, 0.3) is 10.1 Å². The SMILES string of the molecule is CCNC(=NCc1cc(C)c(O)c(C)c1)NCC(O)c1cc2ccccc2s1. The third-order valence-electron chi connectivity index (χ3n) is 4.55. The molecule has 1 unspecified atom stereocenters. The van der Waals surface area contributed by atoms with Crippen molar-refractivity contribution in [3.8, 4) is 5.75 Å². The number of hydrogen-bond donors (Lipinski definition) is 4. The lowest BCUT2D eigenvalue weighted by molar-refractivity contribution is 0.184. The molecule has 28 heavy (non-hydrogen) atoms. The molecule has 0 aliphatic rings. The van der Waals surface area contributed by atoms with Gasteiger partial charge in [-0.3, -0.25) is 0 Å². The highest BCUT2D eigenvalue weighted by Gasteiger charge is 2.12. The highest BCUT2D eigenvalue weighted by molar-refractivity contribution is 7.19. The van der Waals surface area contributed by atoms with Gasteiger partial charge in [0.05, 0.1) is 6.54 Å². The first-order chi connectivity index (χ1) is 13.5. The van der Waals surface area contributed by atoms with E-state index in [1.807, 2.05) is 51.1 Å². The van der Waals surface area contributed by atoms with Crippen LogP contribution in [0.5, 0.6) is 5.75 Å². The quantitative estimate of drug-likeness (QED) is 0.374. The van der Waals surface area contributed by atoms with Crippen molar-refractivity contribution in [3.05, 3.63) is 64.0 Å². The number of hydrogen-bond acceptors (Lipinski definition) is 4. The zero-order valence-corrected chi connectivity index (χ0v) is 17.3. The number of benzene rings is 2. The van der Waals surface area contributed by atoms with Gasteiger partial charge in [-0.1, -0.05) is 30.3 Å². The lowest BCUT2D eigenvalue weighted by atomic mass is 10.1. The molecule has 148 valence electrons. The predicted molar refractivity (Wildman–Crippen MR) is 117 cm³/mol. The molecule has 5 nitrogen and oxygen atoms in total. The van der Waals surface area contributed by atoms with Crippen molar-refractivity contribution in [3.63, 3.8) is 0 Å². The van der Waals surface area contributed by atoms with E-state index in [1.54, 1.807) is 11.3 Å². The smallest absolute Gasteiger partial charge is 0.191 e. The van der Waals surface area contributed by atoms with E-state index in [1.165, 1.54) is 4.70 Å². The standard InChI is InChI=1S/C22H27N3O2S/c1-4-23-22(24-12-16-9-14(2)21(27)15(3)10-16)25-13-18(26)20-11-17-7-5-6-8-19(17)28-20/h5-11,18,26-27H,4,12-13H2,1-3H3,(H2,23,24,25). The van der Waals surface area contributed by atoms with Gasteiger partial charge in [0, 0.05) is 22.7 Å². The van der Waals surface area contributed by atoms with E-state index in [0.29, 0.717) is 24.8 Å². The Hall–Kier alpha value is -2.57. The number of guanidine groups is 1. The molecule has 0 fully saturated rings. The van der Waals surface area contributed by atoms with E-state index in [9.17, 15) is 10.2 Å². The topological polar surface area (TPSA) is 76.9 Å². The zero-order valence-electron chi connectivity index (χ0n) is 16.5. The Labute approximate surface area is 169 Å². The van der Waals surface area contributed by atoms with Crippen LogP contribution < -0.4 is 10.6 Å². The Morgan fingerprint density at radius 2 is 1.82 bits per heavy atom. The zero-order chi connectivity index (χ0) is 20.1. The summed E-state index contributed by atoms with van der Waals surface area (Å²) < 4.78 is 1.18. The number of phenols is 1. The van der Waals surface area contributed by atoms with Crippen LogP contribution in [0.15, 0.2) is 47.5 Å². The van der Waals surface area contributed by atoms with Crippen LogP contribution in [0.4, 0.5) is 0 Å². The van der Waals surface area contributed by atoms with Crippen LogP contribution in [0.3, 0.4) is 0 Å². The van der Waals surface area contributed by atoms with Gasteiger partial charge in [-0.25, -0.2) is 4.99 Å². The van der Waals surface area contributed by atoms with E-state index in [2.05, 4.69) is 27.8 Å². The van der Waals surface area contributed by atoms with Gasteiger partial charge >= 0.3 is 0 Å². The van der Waals surface area contributed by atoms with Crippen molar-refractivity contribution in [2.75, 3.05) is 13.1 Å². The summed E-state index contributed by atoms with van der Waals surface area (Å²) in [5.74, 6) is 0.996. The Balaban J connectivity index is 1.66. The van der Waals surface area contributed by atoms with Gasteiger partial charge in [0.15, 0.2) is 5.96 Å². The van der Waals surface area contributed by atoms with E-state index >= 15 is 0 Å². The van der Waals surface area contributed by atoms with Crippen molar-refractivity contribution in [1.82, 2.24) is 10.6 Å². The van der Waals surface area contributed by atoms with Crippen LogP contribution in [0.2, 0.25) is 0 Å². The molecule has 3 rings (SSSR count). The molecule has 1 aromatic heterocycles. The maximum absolute atomic E-state index is 10.6. The van der Waals surface area contributed by atoms with E-state index in [0.717, 1.165) is 33.5 Å². The average molecular weight is 398 g/mol. The minimum Gasteiger partial charge on any atom is -0.507 e. The van der Waals surface area contributed by atoms with Crippen LogP contribution in [0.1, 0.15) is 34.6 Å². The minimum atomic E-state index is -0.598. The molecule has 0 spiro atoms. The van der Waals surface area contributed by atoms with Crippen molar-refractivity contribution in [1.29, 1.82) is 0 Å². The lowest BCUT2D eigenvalue weighted by Crippen LogP contribution is -2.39. The number of nitrogens with zero attached hydrogens (tertiary/aromatic N) is 1. The molecule has 0 radical (unpaired) electrons. The summed E-state index contributed by atoms with van der Waals surface area (Å²) in [7, 11) is 0. The fourth-order valence-electron chi connectivity index (χ4n) is 3.11. The van der Waals surface area contributed by atoms with E-state index in [4.69, 9.17) is 0 Å². The van der Waals surface area contributed by atoms with Gasteiger partial charge in [0.25, 0.3) is 0 Å². The molecule has 1 heterocycles. The number of aliphatic imine (C=N–C) groups is 1. The number of aliphatic hydroxyl groups excluding tert-OH is 1. The second-order valence-electron chi connectivity index (χ2n) is 6.86. The first kappa shape index (κ1) is 20.2. The number of rotatable bonds is 6. The van der Waals surface area contributed by atoms with Crippen molar-refractivity contribution in [2.45, 2.75) is 33.4 Å². The van der Waals surface area contributed by atoms with Gasteiger partial charge in [0.2, 0.25) is 0 Å². The summed E-state index contributed by atoms with van der Waals surface area (Å²) >= 11 is 1.61. The van der Waals surface area contributed by atoms with E-state index in [-0.39, 0.29) is 0 Å². The van der Waals surface area contributed by atoms with Crippen LogP contribution in [-0.4, -0.2) is 29.3 Å². The fourth-order valence-corrected chi connectivity index (χ4v) is 4.16. The molecule has 1 atom stereocenters. The molecule has 4 N–H and O–H groups in total. The second-order valence-corrected chi connectivity index (χ2v) is 7.97. The Morgan fingerprint density at radius 3 is 2.50 bits per heavy atom. The van der Waals surface area contributed by atoms with Gasteiger partial charge in [-0.2, -0.15) is 0 Å². The largest absolute Gasteiger partial charge is 0.507 e. The van der Waals surface area contributed by atoms with Crippen molar-refractivity contribution in [2.24, 2.45) is 4.99 Å². The Kier molecular flexibility index (Phi) is 6.54. The summed E-state index contributed by atoms with van der Waals surface area (Å²) in [5.41, 5.74) is 2.74. The minimum absolute atomic E-state index is 0.337. The fraction of sp³-hybridized carbons (Fsp3) is 0.318. The number of aromatic hydroxyl groups is 1. The average Bonchev–Trinajstić information content (AvgIpc) is 3.12. The van der Waals surface area contributed by atoms with Crippen LogP contribution in [0, 0.1) is 13.8 Å². The molecule has 0 bridgehead atoms. The molecule has 0 aliphatic heterocycles. The Morgan fingerprint density at radius 1 is 1.11 bits per heavy atom. The van der Waals surface area contributed by atoms with Crippen molar-refractivity contribution < 1.29 is 10.2 Å². The molecule has 6 heteroatoms. The highest BCUT2D eigenvalue weighted by atomic mass is 32.1. The summed E-state index contributed by atoms with van der Waals surface area (Å²) in [6, 6.07) is 14.1. The van der Waals surface area contributed by atoms with Gasteiger partial charge in [-0.05, 0) is 55.0 Å². The summed E-state index contributed by atoms with van der Waals surface area (Å²) in [6.45, 7) is 7.40. The van der Waals surface area contributed by atoms with Crippen LogP contribution in [-0.2, 0) is 6.54 Å². The molecular weight excluding hydrogens is 370 g/mol. The van der Waals surface area contributed by atoms with Gasteiger partial charge in [0.1, 0.15) is 11.9 Å². The molecule has 0 amide bonds. The third kappa shape index (κ3) is 4.82. The summed E-state index contributed by atoms with van der Waals surface area (Å²) in [4.78, 5) is 5.55. The molecule has 0 saturated heterocycles. The lowest BCUT2D eigenvalue weighted by Gasteiger charge is -2.14. The summed E-state index contributed by atoms with van der Waals surface area (Å²) in [6.07, 6.45) is -0.598. The maximum Gasteiger partial charge on any atom is 0.191 e. The first-order valence-corrected chi connectivity index (χ1v) is 10.3. The van der Waals surface area contributed by atoms with Crippen molar-refractivity contribution >= 4 is 27.4 Å². The molecule has 0 saturated carbocycles. The highest BCUT2D eigenvalue weighted by Crippen LogP contribution is 2.29. The first-order valence-electron chi connectivity index (χ1n) is 9.45. The number of aliphatic hydroxyl groups is 1. The second kappa shape index (κ2) is 9.08. The van der Waals surface area contributed by atoms with Gasteiger partial charge < -0.3 is 20.8 Å². The van der Waals surface area contributed by atoms with Crippen LogP contribution >= 0.6 is 11.3 Å². The number of phenolic OH excluding ortho intramolecular Hbond substituents is 1. The molecular formula is C22H27N3O2S. The molecule has 3 aromatic rings. The number of thiophene rings is 1. The molecule has 0 aliphatic carbocycles. The third-order valence-corrected chi connectivity index (χ3v) is 5.77. The number of aryl methyl sites for hydroxylation is 2. The summed E-state index contributed by atoms with van der Waals surface area (Å²) in [5, 5.41) is 28.1. The number of fused-ring (bicyclic) bond motifs is 1.